The molecule has 0 amide bonds. The van der Waals surface area contributed by atoms with Crippen LogP contribution < -0.4 is 14.8 Å². The summed E-state index contributed by atoms with van der Waals surface area (Å²) < 4.78 is 13.6. The number of nitrogens with zero attached hydrogens (tertiary/aromatic N) is 4. The van der Waals surface area contributed by atoms with Crippen LogP contribution in [-0.4, -0.2) is 39.1 Å². The van der Waals surface area contributed by atoms with E-state index >= 15 is 0 Å². The highest BCUT2D eigenvalue weighted by Crippen LogP contribution is 2.29. The van der Waals surface area contributed by atoms with Gasteiger partial charge in [0.1, 0.15) is 6.61 Å². The lowest BCUT2D eigenvalue weighted by molar-refractivity contribution is 0.269. The molecule has 0 saturated heterocycles. The fraction of sp³-hybridized carbons (Fsp3) is 0.269. The first-order valence-electron chi connectivity index (χ1n) is 11.3. The van der Waals surface area contributed by atoms with Crippen molar-refractivity contribution >= 4 is 11.8 Å². The van der Waals surface area contributed by atoms with E-state index in [1.165, 1.54) is 5.56 Å². The van der Waals surface area contributed by atoms with E-state index in [0.29, 0.717) is 13.2 Å². The molecule has 0 spiro atoms. The fourth-order valence-electron chi connectivity index (χ4n) is 3.34. The fourth-order valence-corrected chi connectivity index (χ4v) is 4.13. The molecule has 0 radical (unpaired) electrons. The Kier molecular flexibility index (Phi) is 8.54. The molecule has 4 rings (SSSR count). The van der Waals surface area contributed by atoms with E-state index in [1.54, 1.807) is 16.4 Å². The summed E-state index contributed by atoms with van der Waals surface area (Å²) in [5, 5.41) is 16.3. The molecule has 176 valence electrons. The van der Waals surface area contributed by atoms with Gasteiger partial charge in [0.05, 0.1) is 12.3 Å². The van der Waals surface area contributed by atoms with Crippen molar-refractivity contribution in [2.45, 2.75) is 32.2 Å². The number of tetrazole rings is 1. The summed E-state index contributed by atoms with van der Waals surface area (Å²) >= 11 is 1.62. The van der Waals surface area contributed by atoms with Crippen LogP contribution >= 0.6 is 11.8 Å². The zero-order chi connectivity index (χ0) is 23.6. The first kappa shape index (κ1) is 23.8. The number of hydrogen-bond acceptors (Lipinski definition) is 7. The Morgan fingerprint density at radius 1 is 0.912 bits per heavy atom. The van der Waals surface area contributed by atoms with Crippen molar-refractivity contribution in [1.29, 1.82) is 0 Å². The molecule has 0 fully saturated rings. The lowest BCUT2D eigenvalue weighted by Gasteiger charge is -2.14. The Morgan fingerprint density at radius 2 is 1.71 bits per heavy atom. The molecule has 0 aliphatic carbocycles. The second-order valence-electron chi connectivity index (χ2n) is 7.72. The van der Waals surface area contributed by atoms with Gasteiger partial charge < -0.3 is 14.8 Å². The van der Waals surface area contributed by atoms with E-state index in [9.17, 15) is 0 Å². The van der Waals surface area contributed by atoms with Gasteiger partial charge in [0, 0.05) is 18.8 Å². The number of nitrogens with one attached hydrogen (secondary N) is 1. The monoisotopic (exact) mass is 475 g/mol. The smallest absolute Gasteiger partial charge is 0.214 e. The second kappa shape index (κ2) is 12.2. The number of para-hydroxylation sites is 1. The Balaban J connectivity index is 1.27. The van der Waals surface area contributed by atoms with Crippen molar-refractivity contribution in [3.63, 3.8) is 0 Å². The number of rotatable bonds is 12. The van der Waals surface area contributed by atoms with Crippen molar-refractivity contribution in [1.82, 2.24) is 25.5 Å². The van der Waals surface area contributed by atoms with Crippen LogP contribution in [0.4, 0.5) is 0 Å². The van der Waals surface area contributed by atoms with Crippen LogP contribution in [0.15, 0.2) is 78.0 Å². The van der Waals surface area contributed by atoms with E-state index in [2.05, 4.69) is 58.1 Å². The lowest BCUT2D eigenvalue weighted by atomic mass is 10.1. The summed E-state index contributed by atoms with van der Waals surface area (Å²) in [5.41, 5.74) is 4.47. The number of thioether (sulfide) groups is 1. The highest BCUT2D eigenvalue weighted by atomic mass is 32.2. The van der Waals surface area contributed by atoms with Gasteiger partial charge in [0.25, 0.3) is 0 Å². The normalized spacial score (nSPS) is 10.9. The Hall–Kier alpha value is -3.36. The zero-order valence-corrected chi connectivity index (χ0v) is 20.3. The molecule has 1 heterocycles. The maximum absolute atomic E-state index is 6.03. The van der Waals surface area contributed by atoms with Gasteiger partial charge in [-0.2, -0.15) is 4.68 Å². The molecule has 34 heavy (non-hydrogen) atoms. The maximum Gasteiger partial charge on any atom is 0.214 e. The molecule has 7 nitrogen and oxygen atoms in total. The molecule has 0 atom stereocenters. The van der Waals surface area contributed by atoms with Crippen LogP contribution in [0.5, 0.6) is 11.5 Å². The van der Waals surface area contributed by atoms with Gasteiger partial charge in [-0.1, -0.05) is 65.9 Å². The Morgan fingerprint density at radius 3 is 2.50 bits per heavy atom. The van der Waals surface area contributed by atoms with Crippen LogP contribution in [-0.2, 0) is 13.2 Å². The molecule has 4 aromatic rings. The van der Waals surface area contributed by atoms with Gasteiger partial charge in [0.15, 0.2) is 11.5 Å². The largest absolute Gasteiger partial charge is 0.490 e. The third-order valence-corrected chi connectivity index (χ3v) is 6.02. The number of ether oxygens (including phenoxy) is 2. The highest BCUT2D eigenvalue weighted by Gasteiger charge is 2.09. The molecule has 1 N–H and O–H groups in total. The topological polar surface area (TPSA) is 74.1 Å². The molecule has 0 aliphatic heterocycles. The minimum Gasteiger partial charge on any atom is -0.490 e. The van der Waals surface area contributed by atoms with Crippen LogP contribution in [0.1, 0.15) is 23.6 Å². The van der Waals surface area contributed by atoms with Gasteiger partial charge >= 0.3 is 0 Å². The highest BCUT2D eigenvalue weighted by molar-refractivity contribution is 7.99. The van der Waals surface area contributed by atoms with Gasteiger partial charge in [-0.05, 0) is 59.7 Å². The molecule has 1 aromatic heterocycles. The van der Waals surface area contributed by atoms with E-state index in [4.69, 9.17) is 9.47 Å². The molecule has 0 aliphatic rings. The van der Waals surface area contributed by atoms with Crippen molar-refractivity contribution in [2.24, 2.45) is 0 Å². The van der Waals surface area contributed by atoms with E-state index in [1.807, 2.05) is 49.4 Å². The third-order valence-electron chi connectivity index (χ3n) is 5.10. The van der Waals surface area contributed by atoms with Gasteiger partial charge in [-0.3, -0.25) is 0 Å². The number of aryl methyl sites for hydroxylation is 1. The summed E-state index contributed by atoms with van der Waals surface area (Å²) in [5.74, 6) is 2.38. The Bertz CT molecular complexity index is 1170. The van der Waals surface area contributed by atoms with Crippen molar-refractivity contribution in [2.75, 3.05) is 18.9 Å². The van der Waals surface area contributed by atoms with Crippen LogP contribution in [0.25, 0.3) is 5.69 Å². The minimum atomic E-state index is 0.512. The number of hydrogen-bond donors (Lipinski definition) is 1. The number of benzene rings is 3. The molecule has 0 unspecified atom stereocenters. The molecule has 8 heteroatoms. The summed E-state index contributed by atoms with van der Waals surface area (Å²) in [6.07, 6.45) is 0. The second-order valence-corrected chi connectivity index (χ2v) is 8.78. The van der Waals surface area contributed by atoms with Gasteiger partial charge in [0.2, 0.25) is 5.16 Å². The predicted octanol–water partition coefficient (Wildman–Crippen LogP) is 4.83. The van der Waals surface area contributed by atoms with Crippen LogP contribution in [0, 0.1) is 6.92 Å². The summed E-state index contributed by atoms with van der Waals surface area (Å²) in [4.78, 5) is 0. The van der Waals surface area contributed by atoms with Gasteiger partial charge in [-0.15, -0.1) is 5.10 Å². The molecule has 3 aromatic carbocycles. The standard InChI is InChI=1S/C26H29N5O2S/c1-3-32-25-17-22(13-14-24(25)33-19-21-11-9-20(2)10-12-21)18-27-15-16-34-26-28-29-30-31(26)23-7-5-4-6-8-23/h4-14,17,27H,3,15-16,18-19H2,1-2H3. The summed E-state index contributed by atoms with van der Waals surface area (Å²) in [7, 11) is 0. The first-order chi connectivity index (χ1) is 16.7. The van der Waals surface area contributed by atoms with Crippen molar-refractivity contribution < 1.29 is 9.47 Å². The molecule has 0 bridgehead atoms. The number of aromatic nitrogens is 4. The average Bonchev–Trinajstić information content (AvgIpc) is 3.34. The maximum atomic E-state index is 6.03. The average molecular weight is 476 g/mol. The third kappa shape index (κ3) is 6.59. The Labute approximate surface area is 204 Å². The SMILES string of the molecule is CCOc1cc(CNCCSc2nnnn2-c2ccccc2)ccc1OCc1ccc(C)cc1. The van der Waals surface area contributed by atoms with E-state index < -0.39 is 0 Å². The summed E-state index contributed by atoms with van der Waals surface area (Å²) in [6, 6.07) is 24.4. The molecular weight excluding hydrogens is 446 g/mol. The van der Waals surface area contributed by atoms with E-state index in [-0.39, 0.29) is 0 Å². The first-order valence-corrected chi connectivity index (χ1v) is 12.3. The zero-order valence-electron chi connectivity index (χ0n) is 19.5. The van der Waals surface area contributed by atoms with Crippen molar-refractivity contribution in [3.8, 4) is 17.2 Å². The van der Waals surface area contributed by atoms with Crippen LogP contribution in [0.2, 0.25) is 0 Å². The minimum absolute atomic E-state index is 0.512. The predicted molar refractivity (Wildman–Crippen MR) is 135 cm³/mol. The molecule has 0 saturated carbocycles. The molecular formula is C26H29N5O2S. The van der Waals surface area contributed by atoms with Crippen molar-refractivity contribution in [3.05, 3.63) is 89.5 Å². The summed E-state index contributed by atoms with van der Waals surface area (Å²) in [6.45, 7) is 6.72. The lowest BCUT2D eigenvalue weighted by Crippen LogP contribution is -2.17. The van der Waals surface area contributed by atoms with Gasteiger partial charge in [-0.25, -0.2) is 0 Å². The van der Waals surface area contributed by atoms with Crippen LogP contribution in [0.3, 0.4) is 0 Å². The quantitative estimate of drug-likeness (QED) is 0.232. The van der Waals surface area contributed by atoms with E-state index in [0.717, 1.165) is 52.3 Å².